The topological polar surface area (TPSA) is 66.6 Å². The fourth-order valence-electron chi connectivity index (χ4n) is 1.31. The smallest absolute Gasteiger partial charge is 0.236 e. The monoisotopic (exact) mass is 158 g/mol. The molecule has 0 bridgehead atoms. The van der Waals surface area contributed by atoms with Crippen LogP contribution in [0.15, 0.2) is 0 Å². The fraction of sp³-hybridized carbons (Fsp3) is 0.857. The maximum atomic E-state index is 11.0. The molecule has 0 aromatic rings. The van der Waals surface area contributed by atoms with Gasteiger partial charge in [0, 0.05) is 13.1 Å². The second-order valence-electron chi connectivity index (χ2n) is 2.84. The lowest BCUT2D eigenvalue weighted by molar-refractivity contribution is -0.132. The quantitative estimate of drug-likeness (QED) is 0.510. The highest BCUT2D eigenvalue weighted by atomic mass is 16.3. The Morgan fingerprint density at radius 1 is 1.73 bits per heavy atom. The zero-order valence-corrected chi connectivity index (χ0v) is 6.49. The van der Waals surface area contributed by atoms with E-state index in [1.54, 1.807) is 4.90 Å². The number of likely N-dealkylation sites (tertiary alicyclic amines) is 1. The number of carbonyl (C=O) groups excluding carboxylic acids is 1. The van der Waals surface area contributed by atoms with Gasteiger partial charge in [0.1, 0.15) is 0 Å². The van der Waals surface area contributed by atoms with E-state index in [4.69, 9.17) is 5.73 Å². The Bertz CT molecular complexity index is 149. The number of amides is 1. The molecule has 1 heterocycles. The molecular formula is C7H14N2O2. The SMILES string of the molecule is NCC(=O)N1CCC[C@@H](O)C1. The second kappa shape index (κ2) is 3.69. The first-order valence-corrected chi connectivity index (χ1v) is 3.90. The molecule has 0 saturated carbocycles. The van der Waals surface area contributed by atoms with Crippen LogP contribution in [0.2, 0.25) is 0 Å². The summed E-state index contributed by atoms with van der Waals surface area (Å²) in [4.78, 5) is 12.6. The van der Waals surface area contributed by atoms with Crippen LogP contribution in [0.3, 0.4) is 0 Å². The molecule has 0 aliphatic carbocycles. The molecule has 0 spiro atoms. The highest BCUT2D eigenvalue weighted by Gasteiger charge is 2.20. The Morgan fingerprint density at radius 3 is 3.00 bits per heavy atom. The third-order valence-corrected chi connectivity index (χ3v) is 1.92. The van der Waals surface area contributed by atoms with Gasteiger partial charge in [0.2, 0.25) is 5.91 Å². The Balaban J connectivity index is 2.39. The molecule has 1 aliphatic rings. The van der Waals surface area contributed by atoms with E-state index in [2.05, 4.69) is 0 Å². The van der Waals surface area contributed by atoms with Gasteiger partial charge < -0.3 is 15.7 Å². The molecule has 0 radical (unpaired) electrons. The molecule has 4 heteroatoms. The van der Waals surface area contributed by atoms with Crippen molar-refractivity contribution in [3.05, 3.63) is 0 Å². The summed E-state index contributed by atoms with van der Waals surface area (Å²) < 4.78 is 0. The number of rotatable bonds is 1. The lowest BCUT2D eigenvalue weighted by Gasteiger charge is -2.29. The molecule has 0 aromatic carbocycles. The molecule has 0 unspecified atom stereocenters. The number of β-amino-alcohol motifs (C(OH)–C–C–N with tert-alkyl or cyclic N) is 1. The minimum Gasteiger partial charge on any atom is -0.391 e. The zero-order valence-electron chi connectivity index (χ0n) is 6.49. The number of hydrogen-bond donors (Lipinski definition) is 2. The van der Waals surface area contributed by atoms with Crippen molar-refractivity contribution in [2.75, 3.05) is 19.6 Å². The summed E-state index contributed by atoms with van der Waals surface area (Å²) in [7, 11) is 0. The maximum absolute atomic E-state index is 11.0. The molecule has 1 aliphatic heterocycles. The third kappa shape index (κ3) is 2.17. The van der Waals surface area contributed by atoms with E-state index in [-0.39, 0.29) is 18.6 Å². The number of nitrogens with two attached hydrogens (primary N) is 1. The van der Waals surface area contributed by atoms with Crippen molar-refractivity contribution in [2.45, 2.75) is 18.9 Å². The average molecular weight is 158 g/mol. The third-order valence-electron chi connectivity index (χ3n) is 1.92. The van der Waals surface area contributed by atoms with Gasteiger partial charge in [-0.05, 0) is 12.8 Å². The van der Waals surface area contributed by atoms with Gasteiger partial charge >= 0.3 is 0 Å². The first kappa shape index (κ1) is 8.49. The molecule has 3 N–H and O–H groups in total. The summed E-state index contributed by atoms with van der Waals surface area (Å²) in [5.74, 6) is -0.0660. The van der Waals surface area contributed by atoms with Crippen LogP contribution in [0.5, 0.6) is 0 Å². The highest BCUT2D eigenvalue weighted by molar-refractivity contribution is 5.78. The molecule has 1 atom stereocenters. The van der Waals surface area contributed by atoms with Gasteiger partial charge in [-0.25, -0.2) is 0 Å². The fourth-order valence-corrected chi connectivity index (χ4v) is 1.31. The van der Waals surface area contributed by atoms with Crippen LogP contribution in [0, 0.1) is 0 Å². The molecule has 1 rings (SSSR count). The Labute approximate surface area is 66.0 Å². The lowest BCUT2D eigenvalue weighted by Crippen LogP contribution is -2.44. The molecule has 11 heavy (non-hydrogen) atoms. The van der Waals surface area contributed by atoms with Gasteiger partial charge in [-0.3, -0.25) is 4.79 Å². The van der Waals surface area contributed by atoms with Crippen LogP contribution in [0.4, 0.5) is 0 Å². The number of hydrogen-bond acceptors (Lipinski definition) is 3. The van der Waals surface area contributed by atoms with E-state index in [1.807, 2.05) is 0 Å². The van der Waals surface area contributed by atoms with Crippen LogP contribution in [-0.2, 0) is 4.79 Å². The van der Waals surface area contributed by atoms with Crippen molar-refractivity contribution in [2.24, 2.45) is 5.73 Å². The van der Waals surface area contributed by atoms with Crippen LogP contribution in [-0.4, -0.2) is 41.7 Å². The minimum atomic E-state index is -0.348. The minimum absolute atomic E-state index is 0.0483. The summed E-state index contributed by atoms with van der Waals surface area (Å²) in [6.07, 6.45) is 1.33. The normalized spacial score (nSPS) is 25.3. The van der Waals surface area contributed by atoms with Gasteiger partial charge in [-0.15, -0.1) is 0 Å². The van der Waals surface area contributed by atoms with Crippen LogP contribution in [0.1, 0.15) is 12.8 Å². The molecule has 1 amide bonds. The second-order valence-corrected chi connectivity index (χ2v) is 2.84. The van der Waals surface area contributed by atoms with Gasteiger partial charge in [0.05, 0.1) is 12.6 Å². The van der Waals surface area contributed by atoms with E-state index in [0.29, 0.717) is 6.54 Å². The van der Waals surface area contributed by atoms with Crippen molar-refractivity contribution in [3.8, 4) is 0 Å². The predicted octanol–water partition coefficient (Wildman–Crippen LogP) is -1.07. The van der Waals surface area contributed by atoms with Gasteiger partial charge in [0.15, 0.2) is 0 Å². The Morgan fingerprint density at radius 2 is 2.45 bits per heavy atom. The van der Waals surface area contributed by atoms with Gasteiger partial charge in [-0.2, -0.15) is 0 Å². The number of carbonyl (C=O) groups is 1. The highest BCUT2D eigenvalue weighted by Crippen LogP contribution is 2.08. The molecule has 1 fully saturated rings. The molecule has 4 nitrogen and oxygen atoms in total. The number of nitrogens with zero attached hydrogens (tertiary/aromatic N) is 1. The first-order valence-electron chi connectivity index (χ1n) is 3.90. The summed E-state index contributed by atoms with van der Waals surface area (Å²) in [6, 6.07) is 0. The molecule has 1 saturated heterocycles. The van der Waals surface area contributed by atoms with E-state index in [1.165, 1.54) is 0 Å². The molecular weight excluding hydrogens is 144 g/mol. The van der Waals surface area contributed by atoms with Crippen molar-refractivity contribution < 1.29 is 9.90 Å². The van der Waals surface area contributed by atoms with Crippen molar-refractivity contribution >= 4 is 5.91 Å². The Hall–Kier alpha value is -0.610. The summed E-state index contributed by atoms with van der Waals surface area (Å²) in [6.45, 7) is 1.25. The van der Waals surface area contributed by atoms with Crippen molar-refractivity contribution in [3.63, 3.8) is 0 Å². The number of aliphatic hydroxyl groups is 1. The van der Waals surface area contributed by atoms with E-state index < -0.39 is 0 Å². The predicted molar refractivity (Wildman–Crippen MR) is 40.9 cm³/mol. The van der Waals surface area contributed by atoms with E-state index >= 15 is 0 Å². The van der Waals surface area contributed by atoms with E-state index in [9.17, 15) is 9.90 Å². The molecule has 0 aromatic heterocycles. The van der Waals surface area contributed by atoms with E-state index in [0.717, 1.165) is 19.4 Å². The Kier molecular flexibility index (Phi) is 2.84. The van der Waals surface area contributed by atoms with Crippen molar-refractivity contribution in [1.82, 2.24) is 4.90 Å². The zero-order chi connectivity index (χ0) is 8.27. The summed E-state index contributed by atoms with van der Waals surface area (Å²) in [5, 5.41) is 9.19. The standard InChI is InChI=1S/C7H14N2O2/c8-4-7(11)9-3-1-2-6(10)5-9/h6,10H,1-5,8H2/t6-/m1/s1. The first-order chi connectivity index (χ1) is 5.24. The van der Waals surface area contributed by atoms with Gasteiger partial charge in [-0.1, -0.05) is 0 Å². The van der Waals surface area contributed by atoms with Crippen LogP contribution < -0.4 is 5.73 Å². The largest absolute Gasteiger partial charge is 0.391 e. The van der Waals surface area contributed by atoms with Crippen molar-refractivity contribution in [1.29, 1.82) is 0 Å². The van der Waals surface area contributed by atoms with Crippen LogP contribution >= 0.6 is 0 Å². The summed E-state index contributed by atoms with van der Waals surface area (Å²) >= 11 is 0. The number of piperidine rings is 1. The maximum Gasteiger partial charge on any atom is 0.236 e. The average Bonchev–Trinajstić information content (AvgIpc) is 2.03. The van der Waals surface area contributed by atoms with Crippen LogP contribution in [0.25, 0.3) is 0 Å². The summed E-state index contributed by atoms with van der Waals surface area (Å²) in [5.41, 5.74) is 5.18. The van der Waals surface area contributed by atoms with Gasteiger partial charge in [0.25, 0.3) is 0 Å². The lowest BCUT2D eigenvalue weighted by atomic mass is 10.1. The molecule has 64 valence electrons. The number of aliphatic hydroxyl groups excluding tert-OH is 1.